The molecule has 3 heterocycles. The SMILES string of the molecule is Cc1c(C#N)c(NC(=O)Cn2nnc(-c3ccc(C(N)=O)cc3)n2)n(C[C@H]2CCCO2)c1C. The number of benzene rings is 1. The summed E-state index contributed by atoms with van der Waals surface area (Å²) in [6, 6.07) is 8.65. The van der Waals surface area contributed by atoms with E-state index in [0.29, 0.717) is 34.9 Å². The summed E-state index contributed by atoms with van der Waals surface area (Å²) in [5, 5.41) is 24.7. The second-order valence-electron chi connectivity index (χ2n) is 7.92. The Bertz CT molecular complexity index is 1230. The predicted molar refractivity (Wildman–Crippen MR) is 118 cm³/mol. The number of nitrogens with two attached hydrogens (primary N) is 1. The Morgan fingerprint density at radius 1 is 1.30 bits per heavy atom. The van der Waals surface area contributed by atoms with Crippen molar-refractivity contribution in [2.45, 2.75) is 45.9 Å². The van der Waals surface area contributed by atoms with Crippen molar-refractivity contribution in [2.75, 3.05) is 11.9 Å². The van der Waals surface area contributed by atoms with Crippen LogP contribution < -0.4 is 11.1 Å². The molecule has 0 saturated carbocycles. The molecule has 1 saturated heterocycles. The number of carbonyl (C=O) groups is 2. The minimum Gasteiger partial charge on any atom is -0.376 e. The largest absolute Gasteiger partial charge is 0.376 e. The predicted octanol–water partition coefficient (Wildman–Crippen LogP) is 1.55. The smallest absolute Gasteiger partial charge is 0.249 e. The Morgan fingerprint density at radius 2 is 2.06 bits per heavy atom. The molecule has 11 nitrogen and oxygen atoms in total. The number of ether oxygens (including phenoxy) is 1. The molecule has 2 amide bonds. The first-order chi connectivity index (χ1) is 15.9. The normalized spacial score (nSPS) is 15.4. The number of carbonyl (C=O) groups excluding carboxylic acids is 2. The lowest BCUT2D eigenvalue weighted by atomic mass is 10.1. The van der Waals surface area contributed by atoms with Crippen molar-refractivity contribution in [1.82, 2.24) is 24.8 Å². The number of nitrogens with zero attached hydrogens (tertiary/aromatic N) is 6. The van der Waals surface area contributed by atoms with Crippen molar-refractivity contribution in [1.29, 1.82) is 5.26 Å². The van der Waals surface area contributed by atoms with Gasteiger partial charge >= 0.3 is 0 Å². The zero-order valence-corrected chi connectivity index (χ0v) is 18.4. The zero-order valence-electron chi connectivity index (χ0n) is 18.4. The van der Waals surface area contributed by atoms with E-state index in [1.54, 1.807) is 24.3 Å². The van der Waals surface area contributed by atoms with Gasteiger partial charge < -0.3 is 20.4 Å². The van der Waals surface area contributed by atoms with Gasteiger partial charge in [0.2, 0.25) is 17.6 Å². The topological polar surface area (TPSA) is 154 Å². The van der Waals surface area contributed by atoms with Crippen LogP contribution in [0, 0.1) is 25.2 Å². The number of anilines is 1. The fraction of sp³-hybridized carbons (Fsp3) is 0.364. The standard InChI is InChI=1S/C22H24N8O3/c1-13-14(2)29(11-17-4-3-9-33-17)22(18(13)10-23)25-19(31)12-30-27-21(26-28-30)16-7-5-15(6-8-16)20(24)32/h5-8,17H,3-4,9,11-12H2,1-2H3,(H2,24,32)(H,25,31)/t17-/m1/s1. The Kier molecular flexibility index (Phi) is 6.19. The van der Waals surface area contributed by atoms with E-state index in [9.17, 15) is 14.9 Å². The third-order valence-corrected chi connectivity index (χ3v) is 5.77. The van der Waals surface area contributed by atoms with E-state index in [4.69, 9.17) is 10.5 Å². The Balaban J connectivity index is 1.50. The molecule has 2 aromatic heterocycles. The molecule has 0 aliphatic carbocycles. The van der Waals surface area contributed by atoms with Gasteiger partial charge in [-0.15, -0.1) is 10.2 Å². The van der Waals surface area contributed by atoms with Crippen molar-refractivity contribution in [2.24, 2.45) is 5.73 Å². The van der Waals surface area contributed by atoms with E-state index in [0.717, 1.165) is 30.7 Å². The number of aromatic nitrogens is 5. The molecule has 33 heavy (non-hydrogen) atoms. The lowest BCUT2D eigenvalue weighted by Crippen LogP contribution is -2.24. The third kappa shape index (κ3) is 4.61. The molecular formula is C22H24N8O3. The molecule has 1 aromatic carbocycles. The number of rotatable bonds is 7. The maximum Gasteiger partial charge on any atom is 0.249 e. The van der Waals surface area contributed by atoms with Crippen molar-refractivity contribution < 1.29 is 14.3 Å². The summed E-state index contributed by atoms with van der Waals surface area (Å²) in [5.74, 6) is -0.146. The molecule has 0 radical (unpaired) electrons. The summed E-state index contributed by atoms with van der Waals surface area (Å²) in [5.41, 5.74) is 8.43. The lowest BCUT2D eigenvalue weighted by molar-refractivity contribution is -0.117. The summed E-state index contributed by atoms with van der Waals surface area (Å²) < 4.78 is 7.67. The van der Waals surface area contributed by atoms with Crippen LogP contribution in [0.2, 0.25) is 0 Å². The summed E-state index contributed by atoms with van der Waals surface area (Å²) in [7, 11) is 0. The molecule has 0 spiro atoms. The molecule has 1 fully saturated rings. The number of amides is 2. The van der Waals surface area contributed by atoms with E-state index < -0.39 is 5.91 Å². The van der Waals surface area contributed by atoms with Gasteiger partial charge in [-0.2, -0.15) is 10.1 Å². The number of primary amides is 1. The second-order valence-corrected chi connectivity index (χ2v) is 7.92. The van der Waals surface area contributed by atoms with Gasteiger partial charge in [-0.25, -0.2) is 0 Å². The van der Waals surface area contributed by atoms with E-state index in [1.165, 1.54) is 4.80 Å². The second kappa shape index (κ2) is 9.22. The third-order valence-electron chi connectivity index (χ3n) is 5.77. The monoisotopic (exact) mass is 448 g/mol. The average molecular weight is 448 g/mol. The summed E-state index contributed by atoms with van der Waals surface area (Å²) >= 11 is 0. The van der Waals surface area contributed by atoms with Crippen LogP contribution in [0.25, 0.3) is 11.4 Å². The molecule has 3 aromatic rings. The van der Waals surface area contributed by atoms with E-state index in [2.05, 4.69) is 26.8 Å². The average Bonchev–Trinajstić information content (AvgIpc) is 3.52. The first-order valence-corrected chi connectivity index (χ1v) is 10.6. The maximum atomic E-state index is 12.8. The number of tetrazole rings is 1. The van der Waals surface area contributed by atoms with Gasteiger partial charge in [0.05, 0.1) is 18.2 Å². The van der Waals surface area contributed by atoms with Crippen LogP contribution in [0.5, 0.6) is 0 Å². The minimum atomic E-state index is -0.527. The van der Waals surface area contributed by atoms with Crippen LogP contribution in [-0.2, 0) is 22.6 Å². The number of hydrogen-bond donors (Lipinski definition) is 2. The first kappa shape index (κ1) is 22.2. The number of hydrogen-bond acceptors (Lipinski definition) is 7. The van der Waals surface area contributed by atoms with Crippen LogP contribution in [0.1, 0.15) is 40.0 Å². The quantitative estimate of drug-likeness (QED) is 0.556. The van der Waals surface area contributed by atoms with Crippen LogP contribution >= 0.6 is 0 Å². The Morgan fingerprint density at radius 3 is 2.70 bits per heavy atom. The van der Waals surface area contributed by atoms with Gasteiger partial charge in [-0.05, 0) is 49.6 Å². The molecule has 4 rings (SSSR count). The first-order valence-electron chi connectivity index (χ1n) is 10.6. The highest BCUT2D eigenvalue weighted by Crippen LogP contribution is 2.28. The molecule has 11 heteroatoms. The van der Waals surface area contributed by atoms with Gasteiger partial charge in [0.25, 0.3) is 0 Å². The fourth-order valence-electron chi connectivity index (χ4n) is 3.86. The van der Waals surface area contributed by atoms with E-state index >= 15 is 0 Å². The maximum absolute atomic E-state index is 12.8. The van der Waals surface area contributed by atoms with Crippen molar-refractivity contribution in [3.63, 3.8) is 0 Å². The van der Waals surface area contributed by atoms with Crippen LogP contribution in [0.15, 0.2) is 24.3 Å². The number of nitriles is 1. The number of nitrogens with one attached hydrogen (secondary N) is 1. The van der Waals surface area contributed by atoms with Crippen molar-refractivity contribution in [3.05, 3.63) is 46.6 Å². The van der Waals surface area contributed by atoms with Crippen molar-refractivity contribution >= 4 is 17.6 Å². The molecule has 1 aliphatic heterocycles. The lowest BCUT2D eigenvalue weighted by Gasteiger charge is -2.16. The highest BCUT2D eigenvalue weighted by Gasteiger charge is 2.24. The van der Waals surface area contributed by atoms with E-state index in [1.807, 2.05) is 18.4 Å². The van der Waals surface area contributed by atoms with E-state index in [-0.39, 0.29) is 18.6 Å². The summed E-state index contributed by atoms with van der Waals surface area (Å²) in [6.07, 6.45) is 2.00. The van der Waals surface area contributed by atoms with Gasteiger partial charge in [0.1, 0.15) is 18.4 Å². The Hall–Kier alpha value is -4.04. The highest BCUT2D eigenvalue weighted by atomic mass is 16.5. The van der Waals surface area contributed by atoms with Gasteiger partial charge in [0.15, 0.2) is 0 Å². The van der Waals surface area contributed by atoms with Gasteiger partial charge in [0, 0.05) is 23.4 Å². The van der Waals surface area contributed by atoms with Gasteiger partial charge in [-0.1, -0.05) is 12.1 Å². The molecule has 1 atom stereocenters. The molecule has 3 N–H and O–H groups in total. The molecular weight excluding hydrogens is 424 g/mol. The minimum absolute atomic E-state index is 0.0539. The fourth-order valence-corrected chi connectivity index (χ4v) is 3.86. The molecule has 0 bridgehead atoms. The summed E-state index contributed by atoms with van der Waals surface area (Å²) in [6.45, 7) is 4.90. The van der Waals surface area contributed by atoms with Crippen molar-refractivity contribution in [3.8, 4) is 17.5 Å². The van der Waals surface area contributed by atoms with Crippen LogP contribution in [0.3, 0.4) is 0 Å². The molecule has 0 unspecified atom stereocenters. The van der Waals surface area contributed by atoms with Gasteiger partial charge in [-0.3, -0.25) is 9.59 Å². The van der Waals surface area contributed by atoms with Crippen LogP contribution in [0.4, 0.5) is 5.82 Å². The molecule has 1 aliphatic rings. The molecule has 170 valence electrons. The zero-order chi connectivity index (χ0) is 23.5. The Labute approximate surface area is 190 Å². The highest BCUT2D eigenvalue weighted by molar-refractivity contribution is 5.93. The summed E-state index contributed by atoms with van der Waals surface area (Å²) in [4.78, 5) is 25.2. The van der Waals surface area contributed by atoms with Crippen LogP contribution in [-0.4, -0.2) is 49.3 Å².